The van der Waals surface area contributed by atoms with E-state index in [4.69, 9.17) is 11.1 Å². The summed E-state index contributed by atoms with van der Waals surface area (Å²) in [6.07, 6.45) is 4.72. The van der Waals surface area contributed by atoms with Gasteiger partial charge in [-0.1, -0.05) is 13.8 Å². The van der Waals surface area contributed by atoms with E-state index in [-0.39, 0.29) is 5.84 Å². The first-order valence-corrected chi connectivity index (χ1v) is 6.13. The summed E-state index contributed by atoms with van der Waals surface area (Å²) in [5.74, 6) is 1.56. The molecule has 2 rings (SSSR count). The maximum Gasteiger partial charge on any atom is 0.125 e. The summed E-state index contributed by atoms with van der Waals surface area (Å²) in [4.78, 5) is 6.45. The Kier molecular flexibility index (Phi) is 3.31. The SMILES string of the molecule is CC(C)C1CCN(c2cnccc2C(=N)N)C1. The third-order valence-electron chi connectivity index (χ3n) is 3.60. The second-order valence-corrected chi connectivity index (χ2v) is 5.05. The molecule has 1 aliphatic rings. The van der Waals surface area contributed by atoms with E-state index < -0.39 is 0 Å². The monoisotopic (exact) mass is 232 g/mol. The van der Waals surface area contributed by atoms with Gasteiger partial charge in [-0.15, -0.1) is 0 Å². The topological polar surface area (TPSA) is 66.0 Å². The van der Waals surface area contributed by atoms with Crippen LogP contribution in [0.1, 0.15) is 25.8 Å². The first-order valence-electron chi connectivity index (χ1n) is 6.13. The molecule has 0 radical (unpaired) electrons. The van der Waals surface area contributed by atoms with Gasteiger partial charge in [-0.3, -0.25) is 10.4 Å². The van der Waals surface area contributed by atoms with Crippen molar-refractivity contribution >= 4 is 11.5 Å². The van der Waals surface area contributed by atoms with Crippen LogP contribution in [0.3, 0.4) is 0 Å². The van der Waals surface area contributed by atoms with Crippen LogP contribution >= 0.6 is 0 Å². The van der Waals surface area contributed by atoms with Crippen LogP contribution in [0.5, 0.6) is 0 Å². The molecule has 1 atom stereocenters. The van der Waals surface area contributed by atoms with Gasteiger partial charge in [0.25, 0.3) is 0 Å². The second kappa shape index (κ2) is 4.73. The van der Waals surface area contributed by atoms with E-state index in [1.807, 2.05) is 12.3 Å². The van der Waals surface area contributed by atoms with Crippen LogP contribution in [0.2, 0.25) is 0 Å². The first-order chi connectivity index (χ1) is 8.09. The van der Waals surface area contributed by atoms with Crippen LogP contribution in [0.4, 0.5) is 5.69 Å². The normalized spacial score (nSPS) is 19.9. The van der Waals surface area contributed by atoms with Crippen LogP contribution < -0.4 is 10.6 Å². The molecule has 3 N–H and O–H groups in total. The van der Waals surface area contributed by atoms with Crippen LogP contribution in [0.25, 0.3) is 0 Å². The van der Waals surface area contributed by atoms with Gasteiger partial charge < -0.3 is 10.6 Å². The molecule has 0 bridgehead atoms. The maximum atomic E-state index is 7.60. The quantitative estimate of drug-likeness (QED) is 0.617. The van der Waals surface area contributed by atoms with Crippen molar-refractivity contribution < 1.29 is 0 Å². The number of nitrogens with two attached hydrogens (primary N) is 1. The summed E-state index contributed by atoms with van der Waals surface area (Å²) in [6.45, 7) is 6.62. The molecule has 1 aromatic rings. The van der Waals surface area contributed by atoms with Crippen molar-refractivity contribution in [2.45, 2.75) is 20.3 Å². The molecule has 0 spiro atoms. The number of anilines is 1. The molecule has 4 heteroatoms. The maximum absolute atomic E-state index is 7.60. The van der Waals surface area contributed by atoms with Gasteiger partial charge in [0, 0.05) is 24.8 Å². The zero-order valence-corrected chi connectivity index (χ0v) is 10.5. The van der Waals surface area contributed by atoms with E-state index in [1.165, 1.54) is 6.42 Å². The number of nitrogens with one attached hydrogen (secondary N) is 1. The molecule has 4 nitrogen and oxygen atoms in total. The van der Waals surface area contributed by atoms with Crippen molar-refractivity contribution in [1.29, 1.82) is 5.41 Å². The van der Waals surface area contributed by atoms with Crippen molar-refractivity contribution in [3.63, 3.8) is 0 Å². The summed E-state index contributed by atoms with van der Waals surface area (Å²) in [5.41, 5.74) is 7.40. The van der Waals surface area contributed by atoms with Crippen molar-refractivity contribution in [2.24, 2.45) is 17.6 Å². The van der Waals surface area contributed by atoms with Crippen molar-refractivity contribution in [3.05, 3.63) is 24.0 Å². The highest BCUT2D eigenvalue weighted by molar-refractivity contribution is 6.00. The van der Waals surface area contributed by atoms with E-state index >= 15 is 0 Å². The third-order valence-corrected chi connectivity index (χ3v) is 3.60. The fraction of sp³-hybridized carbons (Fsp3) is 0.538. The summed E-state index contributed by atoms with van der Waals surface area (Å²) in [5, 5.41) is 7.60. The molecule has 17 heavy (non-hydrogen) atoms. The van der Waals surface area contributed by atoms with Crippen LogP contribution in [-0.2, 0) is 0 Å². The molecule has 0 aromatic carbocycles. The van der Waals surface area contributed by atoms with Crippen LogP contribution in [0.15, 0.2) is 18.5 Å². The first kappa shape index (κ1) is 11.9. The smallest absolute Gasteiger partial charge is 0.125 e. The number of rotatable bonds is 3. The van der Waals surface area contributed by atoms with E-state index in [1.54, 1.807) is 6.20 Å². The average Bonchev–Trinajstić information content (AvgIpc) is 2.78. The standard InChI is InChI=1S/C13H20N4/c1-9(2)10-4-6-17(8-10)12-7-16-5-3-11(12)13(14)15/h3,5,7,9-10H,4,6,8H2,1-2H3,(H3,14,15). The fourth-order valence-corrected chi connectivity index (χ4v) is 2.42. The third kappa shape index (κ3) is 2.40. The number of hydrogen-bond acceptors (Lipinski definition) is 3. The Morgan fingerprint density at radius 2 is 2.35 bits per heavy atom. The molecule has 2 heterocycles. The Labute approximate surface area is 102 Å². The average molecular weight is 232 g/mol. The minimum Gasteiger partial charge on any atom is -0.384 e. The van der Waals surface area contributed by atoms with Crippen molar-refractivity contribution in [1.82, 2.24) is 4.98 Å². The minimum absolute atomic E-state index is 0.121. The number of aromatic nitrogens is 1. The molecular formula is C13H20N4. The summed E-state index contributed by atoms with van der Waals surface area (Å²) >= 11 is 0. The van der Waals surface area contributed by atoms with Crippen molar-refractivity contribution in [2.75, 3.05) is 18.0 Å². The molecule has 1 unspecified atom stereocenters. The lowest BCUT2D eigenvalue weighted by molar-refractivity contribution is 0.423. The van der Waals surface area contributed by atoms with Gasteiger partial charge in [0.1, 0.15) is 5.84 Å². The summed E-state index contributed by atoms with van der Waals surface area (Å²) in [7, 11) is 0. The van der Waals surface area contributed by atoms with Gasteiger partial charge in [-0.2, -0.15) is 0 Å². The molecule has 1 aliphatic heterocycles. The summed E-state index contributed by atoms with van der Waals surface area (Å²) < 4.78 is 0. The molecule has 1 aromatic heterocycles. The highest BCUT2D eigenvalue weighted by atomic mass is 15.2. The molecule has 0 saturated carbocycles. The lowest BCUT2D eigenvalue weighted by Gasteiger charge is -2.22. The molecule has 0 aliphatic carbocycles. The number of amidine groups is 1. The lowest BCUT2D eigenvalue weighted by atomic mass is 9.95. The zero-order chi connectivity index (χ0) is 12.4. The van der Waals surface area contributed by atoms with E-state index in [2.05, 4.69) is 23.7 Å². The van der Waals surface area contributed by atoms with Gasteiger partial charge in [0.15, 0.2) is 0 Å². The second-order valence-electron chi connectivity index (χ2n) is 5.05. The van der Waals surface area contributed by atoms with E-state index in [0.717, 1.165) is 30.3 Å². The fourth-order valence-electron chi connectivity index (χ4n) is 2.42. The van der Waals surface area contributed by atoms with Crippen LogP contribution in [0, 0.1) is 17.2 Å². The predicted molar refractivity (Wildman–Crippen MR) is 70.4 cm³/mol. The Morgan fingerprint density at radius 3 is 2.94 bits per heavy atom. The van der Waals surface area contributed by atoms with Gasteiger partial charge in [0.2, 0.25) is 0 Å². The summed E-state index contributed by atoms with van der Waals surface area (Å²) in [6, 6.07) is 1.82. The molecule has 1 fully saturated rings. The highest BCUT2D eigenvalue weighted by Crippen LogP contribution is 2.29. The molecular weight excluding hydrogens is 212 g/mol. The largest absolute Gasteiger partial charge is 0.384 e. The van der Waals surface area contributed by atoms with Gasteiger partial charge in [-0.25, -0.2) is 0 Å². The van der Waals surface area contributed by atoms with Crippen LogP contribution in [-0.4, -0.2) is 23.9 Å². The lowest BCUT2D eigenvalue weighted by Crippen LogP contribution is -2.25. The number of hydrogen-bond donors (Lipinski definition) is 2. The number of pyridine rings is 1. The molecule has 0 amide bonds. The number of nitrogens with zero attached hydrogens (tertiary/aromatic N) is 2. The van der Waals surface area contributed by atoms with Gasteiger partial charge >= 0.3 is 0 Å². The van der Waals surface area contributed by atoms with E-state index in [9.17, 15) is 0 Å². The Bertz CT molecular complexity index is 414. The highest BCUT2D eigenvalue weighted by Gasteiger charge is 2.26. The minimum atomic E-state index is 0.121. The zero-order valence-electron chi connectivity index (χ0n) is 10.5. The van der Waals surface area contributed by atoms with E-state index in [0.29, 0.717) is 5.92 Å². The molecule has 92 valence electrons. The predicted octanol–water partition coefficient (Wildman–Crippen LogP) is 1.85. The Balaban J connectivity index is 2.21. The number of nitrogen functional groups attached to an aromatic ring is 1. The van der Waals surface area contributed by atoms with Crippen molar-refractivity contribution in [3.8, 4) is 0 Å². The molecule has 1 saturated heterocycles. The Morgan fingerprint density at radius 1 is 1.59 bits per heavy atom. The van der Waals surface area contributed by atoms with Gasteiger partial charge in [-0.05, 0) is 24.3 Å². The van der Waals surface area contributed by atoms with Gasteiger partial charge in [0.05, 0.1) is 11.9 Å². The Hall–Kier alpha value is -1.58.